The van der Waals surface area contributed by atoms with Gasteiger partial charge in [-0.2, -0.15) is 0 Å². The quantitative estimate of drug-likeness (QED) is 0.0667. The highest BCUT2D eigenvalue weighted by Gasteiger charge is 2.41. The number of rotatable bonds is 9. The maximum atomic E-state index is 13.6. The lowest BCUT2D eigenvalue weighted by atomic mass is 9.73. The van der Waals surface area contributed by atoms with Crippen LogP contribution in [-0.2, 0) is 30.3 Å². The molecule has 2 heterocycles. The molecule has 1 saturated heterocycles. The lowest BCUT2D eigenvalue weighted by Crippen LogP contribution is -2.45. The Balaban J connectivity index is 1.13. The highest BCUT2D eigenvalue weighted by Crippen LogP contribution is 2.47. The number of para-hydroxylation sites is 1. The van der Waals surface area contributed by atoms with Crippen molar-refractivity contribution in [2.24, 2.45) is 5.92 Å². The Bertz CT molecular complexity index is 2130. The zero-order valence-electron chi connectivity index (χ0n) is 27.4. The van der Waals surface area contributed by atoms with E-state index in [0.29, 0.717) is 16.9 Å². The first-order valence-electron chi connectivity index (χ1n) is 16.4. The number of thioether (sulfide) groups is 1. The molecular formula is C40H32N2O6S3. The number of carboxylic acids is 1. The van der Waals surface area contributed by atoms with Crippen molar-refractivity contribution in [2.75, 3.05) is 11.9 Å². The molecule has 0 aromatic heterocycles. The molecule has 1 fully saturated rings. The lowest BCUT2D eigenvalue weighted by molar-refractivity contribution is -0.151. The summed E-state index contributed by atoms with van der Waals surface area (Å²) >= 11 is 8.23. The number of esters is 1. The van der Waals surface area contributed by atoms with E-state index >= 15 is 0 Å². The SMILES string of the molecule is CCOC(=O)C1C(=O)C=C(c2ccc3c(c2)Nc2ccccc2S3)CC1c1ccc(/C=C2/SC(=S)N(C(Cc3ccccc3)C(=O)O)C2=O)cc1. The standard InChI is InChI=1S/C40H32N2O6S3/c1-2-48-39(47)36-28(20-27(22-32(36)43)26-16-17-34-30(21-26)41-29-10-6-7-11-33(29)50-34)25-14-12-24(13-15-25)19-35-37(44)42(40(49)51-35)31(38(45)46)18-23-8-4-3-5-9-23/h3-17,19,21-22,28,31,36,41H,2,18,20H2,1H3,(H,45,46)/b35-19+. The van der Waals surface area contributed by atoms with Gasteiger partial charge in [0.05, 0.1) is 22.9 Å². The Kier molecular flexibility index (Phi) is 9.95. The molecule has 0 radical (unpaired) electrons. The number of thiocarbonyl (C=S) groups is 1. The summed E-state index contributed by atoms with van der Waals surface area (Å²) in [6.45, 7) is 1.88. The molecule has 0 bridgehead atoms. The Morgan fingerprint density at radius 2 is 1.69 bits per heavy atom. The van der Waals surface area contributed by atoms with Crippen LogP contribution >= 0.6 is 35.7 Å². The molecule has 256 valence electrons. The van der Waals surface area contributed by atoms with Gasteiger partial charge in [0.25, 0.3) is 5.91 Å². The Hall–Kier alpha value is -4.97. The molecule has 2 aliphatic heterocycles. The number of ether oxygens (including phenoxy) is 1. The van der Waals surface area contributed by atoms with E-state index in [0.717, 1.165) is 55.2 Å². The predicted molar refractivity (Wildman–Crippen MR) is 204 cm³/mol. The molecule has 4 aromatic rings. The molecule has 3 aliphatic rings. The van der Waals surface area contributed by atoms with Crippen molar-refractivity contribution in [3.63, 3.8) is 0 Å². The summed E-state index contributed by atoms with van der Waals surface area (Å²) in [5, 5.41) is 13.5. The average Bonchev–Trinajstić information content (AvgIpc) is 3.40. The van der Waals surface area contributed by atoms with Gasteiger partial charge in [-0.3, -0.25) is 19.3 Å². The molecule has 51 heavy (non-hydrogen) atoms. The molecule has 0 spiro atoms. The van der Waals surface area contributed by atoms with Gasteiger partial charge in [-0.1, -0.05) is 109 Å². The normalized spacial score (nSPS) is 19.5. The number of fused-ring (bicyclic) bond motifs is 2. The molecule has 7 rings (SSSR count). The van der Waals surface area contributed by atoms with Gasteiger partial charge in [-0.15, -0.1) is 0 Å². The van der Waals surface area contributed by atoms with Gasteiger partial charge in [-0.25, -0.2) is 4.79 Å². The van der Waals surface area contributed by atoms with Crippen molar-refractivity contribution in [3.8, 4) is 0 Å². The number of benzene rings is 4. The van der Waals surface area contributed by atoms with E-state index in [4.69, 9.17) is 17.0 Å². The zero-order chi connectivity index (χ0) is 35.6. The van der Waals surface area contributed by atoms with Crippen LogP contribution in [0.4, 0.5) is 11.4 Å². The summed E-state index contributed by atoms with van der Waals surface area (Å²) in [4.78, 5) is 56.3. The summed E-state index contributed by atoms with van der Waals surface area (Å²) in [5.41, 5.74) is 5.97. The Morgan fingerprint density at radius 1 is 0.961 bits per heavy atom. The van der Waals surface area contributed by atoms with Crippen molar-refractivity contribution >= 4 is 86.7 Å². The van der Waals surface area contributed by atoms with Crippen molar-refractivity contribution in [2.45, 2.75) is 41.5 Å². The molecule has 2 N–H and O–H groups in total. The minimum Gasteiger partial charge on any atom is -0.480 e. The van der Waals surface area contributed by atoms with Gasteiger partial charge in [-0.05, 0) is 77.6 Å². The second-order valence-corrected chi connectivity index (χ2v) is 15.1. The van der Waals surface area contributed by atoms with Crippen LogP contribution in [0.5, 0.6) is 0 Å². The van der Waals surface area contributed by atoms with E-state index in [1.54, 1.807) is 30.8 Å². The van der Waals surface area contributed by atoms with Crippen LogP contribution in [0.1, 0.15) is 41.5 Å². The molecule has 8 nitrogen and oxygen atoms in total. The predicted octanol–water partition coefficient (Wildman–Crippen LogP) is 8.11. The van der Waals surface area contributed by atoms with Crippen LogP contribution in [0.15, 0.2) is 118 Å². The third kappa shape index (κ3) is 7.14. The van der Waals surface area contributed by atoms with Gasteiger partial charge < -0.3 is 15.2 Å². The first kappa shape index (κ1) is 34.5. The van der Waals surface area contributed by atoms with Crippen molar-refractivity contribution in [1.82, 2.24) is 4.90 Å². The maximum absolute atomic E-state index is 13.6. The monoisotopic (exact) mass is 732 g/mol. The van der Waals surface area contributed by atoms with E-state index in [1.807, 2.05) is 91.0 Å². The molecular weight excluding hydrogens is 701 g/mol. The van der Waals surface area contributed by atoms with Crippen LogP contribution in [0, 0.1) is 5.92 Å². The number of nitrogens with one attached hydrogen (secondary N) is 1. The van der Waals surface area contributed by atoms with Crippen LogP contribution in [0.25, 0.3) is 11.6 Å². The number of carbonyl (C=O) groups excluding carboxylic acids is 3. The number of hydrogen-bond donors (Lipinski definition) is 2. The fourth-order valence-corrected chi connectivity index (χ4v) is 8.93. The van der Waals surface area contributed by atoms with Crippen LogP contribution < -0.4 is 5.32 Å². The van der Waals surface area contributed by atoms with Crippen molar-refractivity contribution < 1.29 is 29.0 Å². The number of amides is 1. The zero-order valence-corrected chi connectivity index (χ0v) is 29.9. The Labute approximate surface area is 309 Å². The summed E-state index contributed by atoms with van der Waals surface area (Å²) in [5.74, 6) is -3.93. The summed E-state index contributed by atoms with van der Waals surface area (Å²) in [6, 6.07) is 29.6. The highest BCUT2D eigenvalue weighted by molar-refractivity contribution is 8.26. The number of nitrogens with zero attached hydrogens (tertiary/aromatic N) is 1. The largest absolute Gasteiger partial charge is 0.480 e. The third-order valence-corrected chi connectivity index (χ3v) is 11.6. The number of carbonyl (C=O) groups is 4. The van der Waals surface area contributed by atoms with Gasteiger partial charge >= 0.3 is 11.9 Å². The maximum Gasteiger partial charge on any atom is 0.327 e. The molecule has 3 unspecified atom stereocenters. The average molecular weight is 733 g/mol. The fraction of sp³-hybridized carbons (Fsp3) is 0.175. The second-order valence-electron chi connectivity index (χ2n) is 12.3. The number of anilines is 2. The number of hydrogen-bond acceptors (Lipinski definition) is 9. The summed E-state index contributed by atoms with van der Waals surface area (Å²) in [7, 11) is 0. The molecule has 3 atom stereocenters. The number of allylic oxidation sites excluding steroid dienone is 2. The van der Waals surface area contributed by atoms with Crippen molar-refractivity contribution in [3.05, 3.63) is 130 Å². The smallest absolute Gasteiger partial charge is 0.327 e. The van der Waals surface area contributed by atoms with Crippen LogP contribution in [0.2, 0.25) is 0 Å². The van der Waals surface area contributed by atoms with E-state index < -0.39 is 35.7 Å². The second kappa shape index (κ2) is 14.7. The van der Waals surface area contributed by atoms with Gasteiger partial charge in [0.15, 0.2) is 5.78 Å². The number of ketones is 1. The highest BCUT2D eigenvalue weighted by atomic mass is 32.2. The minimum atomic E-state index is -1.14. The third-order valence-electron chi connectivity index (χ3n) is 9.09. The van der Waals surface area contributed by atoms with Gasteiger partial charge in [0.2, 0.25) is 0 Å². The summed E-state index contributed by atoms with van der Waals surface area (Å²) in [6.07, 6.45) is 3.81. The van der Waals surface area contributed by atoms with E-state index in [-0.39, 0.29) is 23.1 Å². The lowest BCUT2D eigenvalue weighted by Gasteiger charge is -2.30. The van der Waals surface area contributed by atoms with Crippen molar-refractivity contribution in [1.29, 1.82) is 0 Å². The van der Waals surface area contributed by atoms with Gasteiger partial charge in [0, 0.05) is 22.1 Å². The number of aliphatic carboxylic acids is 1. The topological polar surface area (TPSA) is 113 Å². The van der Waals surface area contributed by atoms with E-state index in [9.17, 15) is 24.3 Å². The van der Waals surface area contributed by atoms with Crippen LogP contribution in [-0.4, -0.2) is 50.6 Å². The Morgan fingerprint density at radius 3 is 2.43 bits per heavy atom. The molecule has 0 saturated carbocycles. The first-order chi connectivity index (χ1) is 24.7. The van der Waals surface area contributed by atoms with E-state index in [2.05, 4.69) is 11.4 Å². The first-order valence-corrected chi connectivity index (χ1v) is 18.5. The summed E-state index contributed by atoms with van der Waals surface area (Å²) < 4.78 is 5.54. The van der Waals surface area contributed by atoms with Crippen LogP contribution in [0.3, 0.4) is 0 Å². The molecule has 1 aliphatic carbocycles. The number of carboxylic acid groups (broad SMARTS) is 1. The minimum absolute atomic E-state index is 0.123. The molecule has 4 aromatic carbocycles. The van der Waals surface area contributed by atoms with Gasteiger partial charge in [0.1, 0.15) is 16.3 Å². The molecule has 1 amide bonds. The van der Waals surface area contributed by atoms with E-state index in [1.165, 1.54) is 4.90 Å². The fourth-order valence-electron chi connectivity index (χ4n) is 6.60. The molecule has 11 heteroatoms.